The highest BCUT2D eigenvalue weighted by atomic mass is 19.1. The number of carboxylic acid groups (broad SMARTS) is 1. The Kier molecular flexibility index (Phi) is 3.62. The maximum absolute atomic E-state index is 13.2. The molecule has 0 fully saturated rings. The van der Waals surface area contributed by atoms with Crippen LogP contribution in [0.2, 0.25) is 0 Å². The van der Waals surface area contributed by atoms with E-state index in [1.54, 1.807) is 6.92 Å². The normalized spacial score (nSPS) is 10.1. The second-order valence-electron chi connectivity index (χ2n) is 2.92. The number of rotatable bonds is 4. The minimum Gasteiger partial charge on any atom is -0.477 e. The van der Waals surface area contributed by atoms with Crippen LogP contribution in [-0.2, 0) is 4.74 Å². The average molecular weight is 214 g/mol. The number of aryl methyl sites for hydroxylation is 1. The fourth-order valence-electron chi connectivity index (χ4n) is 1.17. The van der Waals surface area contributed by atoms with Crippen LogP contribution in [-0.4, -0.2) is 25.0 Å². The number of hydrogen-bond donors (Lipinski definition) is 1. The van der Waals surface area contributed by atoms with Gasteiger partial charge in [0.15, 0.2) is 6.79 Å². The van der Waals surface area contributed by atoms with Crippen molar-refractivity contribution in [3.8, 4) is 5.75 Å². The highest BCUT2D eigenvalue weighted by Crippen LogP contribution is 2.26. The van der Waals surface area contributed by atoms with E-state index >= 15 is 0 Å². The number of ether oxygens (including phenoxy) is 2. The Morgan fingerprint density at radius 2 is 2.20 bits per heavy atom. The number of aromatic carboxylic acids is 1. The minimum atomic E-state index is -1.36. The molecule has 0 bridgehead atoms. The molecule has 5 heteroatoms. The second kappa shape index (κ2) is 4.75. The van der Waals surface area contributed by atoms with Crippen LogP contribution in [0.1, 0.15) is 15.9 Å². The van der Waals surface area contributed by atoms with Crippen molar-refractivity contribution in [3.63, 3.8) is 0 Å². The van der Waals surface area contributed by atoms with Gasteiger partial charge in [-0.2, -0.15) is 0 Å². The Labute approximate surface area is 86.2 Å². The van der Waals surface area contributed by atoms with E-state index in [-0.39, 0.29) is 12.5 Å². The van der Waals surface area contributed by atoms with Gasteiger partial charge in [0, 0.05) is 7.11 Å². The summed E-state index contributed by atoms with van der Waals surface area (Å²) in [6.07, 6.45) is 0. The molecular weight excluding hydrogens is 203 g/mol. The van der Waals surface area contributed by atoms with Crippen LogP contribution >= 0.6 is 0 Å². The Balaban J connectivity index is 3.19. The zero-order chi connectivity index (χ0) is 11.4. The van der Waals surface area contributed by atoms with Crippen molar-refractivity contribution >= 4 is 5.97 Å². The largest absolute Gasteiger partial charge is 0.477 e. The van der Waals surface area contributed by atoms with E-state index in [1.165, 1.54) is 13.2 Å². The second-order valence-corrected chi connectivity index (χ2v) is 2.92. The van der Waals surface area contributed by atoms with E-state index in [1.807, 2.05) is 0 Å². The highest BCUT2D eigenvalue weighted by molar-refractivity contribution is 5.91. The molecule has 1 rings (SSSR count). The van der Waals surface area contributed by atoms with Gasteiger partial charge in [-0.1, -0.05) is 6.07 Å². The first-order valence-corrected chi connectivity index (χ1v) is 4.22. The molecule has 82 valence electrons. The fraction of sp³-hybridized carbons (Fsp3) is 0.300. The van der Waals surface area contributed by atoms with Gasteiger partial charge in [-0.05, 0) is 18.6 Å². The molecule has 0 amide bonds. The zero-order valence-electron chi connectivity index (χ0n) is 8.41. The Morgan fingerprint density at radius 3 is 2.73 bits per heavy atom. The van der Waals surface area contributed by atoms with Gasteiger partial charge in [0.2, 0.25) is 0 Å². The molecule has 1 aromatic carbocycles. The summed E-state index contributed by atoms with van der Waals surface area (Å²) in [4.78, 5) is 10.8. The van der Waals surface area contributed by atoms with Gasteiger partial charge in [0.1, 0.15) is 17.1 Å². The van der Waals surface area contributed by atoms with Crippen molar-refractivity contribution < 1.29 is 23.8 Å². The number of carbonyl (C=O) groups is 1. The Hall–Kier alpha value is -1.62. The lowest BCUT2D eigenvalue weighted by atomic mass is 10.1. The van der Waals surface area contributed by atoms with Gasteiger partial charge in [-0.25, -0.2) is 9.18 Å². The van der Waals surface area contributed by atoms with Crippen LogP contribution in [0.5, 0.6) is 5.75 Å². The van der Waals surface area contributed by atoms with Crippen molar-refractivity contribution in [2.45, 2.75) is 6.92 Å². The van der Waals surface area contributed by atoms with Crippen LogP contribution in [0, 0.1) is 12.7 Å². The third kappa shape index (κ3) is 2.44. The maximum atomic E-state index is 13.2. The van der Waals surface area contributed by atoms with E-state index < -0.39 is 17.3 Å². The number of benzene rings is 1. The van der Waals surface area contributed by atoms with Crippen LogP contribution in [0.25, 0.3) is 0 Å². The van der Waals surface area contributed by atoms with Crippen molar-refractivity contribution in [3.05, 3.63) is 29.1 Å². The first-order valence-electron chi connectivity index (χ1n) is 4.22. The molecule has 0 atom stereocenters. The molecule has 0 saturated heterocycles. The van der Waals surface area contributed by atoms with Crippen LogP contribution < -0.4 is 4.74 Å². The third-order valence-electron chi connectivity index (χ3n) is 1.84. The van der Waals surface area contributed by atoms with Crippen LogP contribution in [0.15, 0.2) is 12.1 Å². The van der Waals surface area contributed by atoms with E-state index in [0.29, 0.717) is 5.56 Å². The fourth-order valence-corrected chi connectivity index (χ4v) is 1.17. The Bertz CT molecular complexity index is 376. The first kappa shape index (κ1) is 11.5. The molecule has 0 unspecified atom stereocenters. The van der Waals surface area contributed by atoms with Crippen LogP contribution in [0.3, 0.4) is 0 Å². The van der Waals surface area contributed by atoms with Crippen molar-refractivity contribution in [2.75, 3.05) is 13.9 Å². The van der Waals surface area contributed by atoms with Crippen molar-refractivity contribution in [2.24, 2.45) is 0 Å². The Morgan fingerprint density at radius 1 is 1.53 bits per heavy atom. The van der Waals surface area contributed by atoms with Gasteiger partial charge >= 0.3 is 5.97 Å². The molecule has 0 spiro atoms. The maximum Gasteiger partial charge on any atom is 0.342 e. The topological polar surface area (TPSA) is 55.8 Å². The molecule has 0 heterocycles. The first-order chi connectivity index (χ1) is 7.07. The number of methoxy groups -OCH3 is 1. The quantitative estimate of drug-likeness (QED) is 0.776. The molecule has 0 aliphatic heterocycles. The van der Waals surface area contributed by atoms with Crippen molar-refractivity contribution in [1.29, 1.82) is 0 Å². The summed E-state index contributed by atoms with van der Waals surface area (Å²) >= 11 is 0. The van der Waals surface area contributed by atoms with E-state index in [9.17, 15) is 9.18 Å². The molecule has 0 radical (unpaired) electrons. The summed E-state index contributed by atoms with van der Waals surface area (Å²) in [5, 5.41) is 8.81. The highest BCUT2D eigenvalue weighted by Gasteiger charge is 2.19. The zero-order valence-corrected chi connectivity index (χ0v) is 8.41. The minimum absolute atomic E-state index is 0.00403. The molecule has 1 N–H and O–H groups in total. The van der Waals surface area contributed by atoms with Crippen molar-refractivity contribution in [1.82, 2.24) is 0 Å². The standard InChI is InChI=1S/C10H11FO4/c1-6-3-4-7(11)8(10(12)13)9(6)15-5-14-2/h3-4H,5H2,1-2H3,(H,12,13). The van der Waals surface area contributed by atoms with Gasteiger partial charge in [-0.3, -0.25) is 0 Å². The molecule has 0 saturated carbocycles. The van der Waals surface area contributed by atoms with E-state index in [0.717, 1.165) is 6.07 Å². The summed E-state index contributed by atoms with van der Waals surface area (Å²) in [6.45, 7) is 1.52. The SMILES string of the molecule is COCOc1c(C)ccc(F)c1C(=O)O. The number of hydrogen-bond acceptors (Lipinski definition) is 3. The molecule has 0 aliphatic carbocycles. The summed E-state index contributed by atoms with van der Waals surface area (Å²) in [6, 6.07) is 2.55. The van der Waals surface area contributed by atoms with E-state index in [2.05, 4.69) is 4.74 Å². The summed E-state index contributed by atoms with van der Waals surface area (Å²) in [7, 11) is 1.40. The molecule has 0 aromatic heterocycles. The lowest BCUT2D eigenvalue weighted by Gasteiger charge is -2.11. The molecule has 4 nitrogen and oxygen atoms in total. The predicted octanol–water partition coefficient (Wildman–Crippen LogP) is 1.82. The van der Waals surface area contributed by atoms with Gasteiger partial charge in [0.05, 0.1) is 0 Å². The molecule has 1 aromatic rings. The third-order valence-corrected chi connectivity index (χ3v) is 1.84. The molecular formula is C10H11FO4. The van der Waals surface area contributed by atoms with Gasteiger partial charge in [-0.15, -0.1) is 0 Å². The lowest BCUT2D eigenvalue weighted by Crippen LogP contribution is -2.09. The van der Waals surface area contributed by atoms with E-state index in [4.69, 9.17) is 9.84 Å². The summed E-state index contributed by atoms with van der Waals surface area (Å²) in [5.74, 6) is -2.18. The smallest absolute Gasteiger partial charge is 0.342 e. The van der Waals surface area contributed by atoms with Gasteiger partial charge in [0.25, 0.3) is 0 Å². The molecule has 15 heavy (non-hydrogen) atoms. The number of halogens is 1. The monoisotopic (exact) mass is 214 g/mol. The molecule has 0 aliphatic rings. The average Bonchev–Trinajstić information content (AvgIpc) is 2.18. The summed E-state index contributed by atoms with van der Waals surface area (Å²) < 4.78 is 22.9. The van der Waals surface area contributed by atoms with Crippen LogP contribution in [0.4, 0.5) is 4.39 Å². The number of carboxylic acids is 1. The van der Waals surface area contributed by atoms with Gasteiger partial charge < -0.3 is 14.6 Å². The predicted molar refractivity (Wildman–Crippen MR) is 50.6 cm³/mol. The lowest BCUT2D eigenvalue weighted by molar-refractivity contribution is 0.0474. The summed E-state index contributed by atoms with van der Waals surface area (Å²) in [5.41, 5.74) is 0.0814.